The average molecular weight is 348 g/mol. The molecule has 0 aromatic carbocycles. The van der Waals surface area contributed by atoms with Gasteiger partial charge in [0, 0.05) is 19.1 Å². The number of ether oxygens (including phenoxy) is 2. The summed E-state index contributed by atoms with van der Waals surface area (Å²) >= 11 is 0. The average Bonchev–Trinajstić information content (AvgIpc) is 2.87. The molecule has 2 aliphatic rings. The zero-order chi connectivity index (χ0) is 17.9. The van der Waals surface area contributed by atoms with Gasteiger partial charge in [0.1, 0.15) is 5.60 Å². The van der Waals surface area contributed by atoms with E-state index < -0.39 is 5.60 Å². The molecule has 0 aliphatic carbocycles. The summed E-state index contributed by atoms with van der Waals surface area (Å²) in [6.45, 7) is 8.34. The molecule has 0 radical (unpaired) electrons. The largest absolute Gasteiger partial charge is 0.377 e. The van der Waals surface area contributed by atoms with E-state index in [9.17, 15) is 4.79 Å². The Morgan fingerprint density at radius 1 is 1.48 bits per heavy atom. The molecule has 1 amide bonds. The summed E-state index contributed by atoms with van der Waals surface area (Å²) in [5.41, 5.74) is 0.163. The highest BCUT2D eigenvalue weighted by Crippen LogP contribution is 2.33. The van der Waals surface area contributed by atoms with Gasteiger partial charge < -0.3 is 19.3 Å². The molecule has 1 aromatic heterocycles. The monoisotopic (exact) mass is 348 g/mol. The predicted molar refractivity (Wildman–Crippen MR) is 93.3 cm³/mol. The van der Waals surface area contributed by atoms with Crippen LogP contribution in [0, 0.1) is 5.92 Å². The van der Waals surface area contributed by atoms with Crippen molar-refractivity contribution in [1.29, 1.82) is 0 Å². The molecule has 1 spiro atoms. The number of nitrogens with zero attached hydrogens (tertiary/aromatic N) is 4. The summed E-state index contributed by atoms with van der Waals surface area (Å²) in [7, 11) is 2.14. The number of carbonyl (C=O) groups is 1. The number of aromatic nitrogens is 2. The van der Waals surface area contributed by atoms with Gasteiger partial charge in [-0.3, -0.25) is 4.79 Å². The number of hydrogen-bond acceptors (Lipinski definition) is 6. The van der Waals surface area contributed by atoms with E-state index in [0.29, 0.717) is 43.8 Å². The molecule has 0 N–H and O–H groups in total. The number of amides is 1. The van der Waals surface area contributed by atoms with Gasteiger partial charge in [-0.15, -0.1) is 0 Å². The summed E-state index contributed by atoms with van der Waals surface area (Å²) in [5, 5.41) is 7.55. The SMILES string of the molecule is CC(C)N(C)C[C@@H]1CO[C@@]2(COCCN(C(=O)c3ccnnc3)C2)C1. The van der Waals surface area contributed by atoms with Crippen molar-refractivity contribution in [3.05, 3.63) is 24.0 Å². The number of hydrogen-bond donors (Lipinski definition) is 0. The molecule has 138 valence electrons. The summed E-state index contributed by atoms with van der Waals surface area (Å²) < 4.78 is 12.0. The van der Waals surface area contributed by atoms with Gasteiger partial charge in [0.05, 0.1) is 44.3 Å². The fraction of sp³-hybridized carbons (Fsp3) is 0.722. The van der Waals surface area contributed by atoms with Gasteiger partial charge in [-0.1, -0.05) is 0 Å². The van der Waals surface area contributed by atoms with Gasteiger partial charge in [-0.25, -0.2) is 0 Å². The molecule has 7 heteroatoms. The molecular weight excluding hydrogens is 320 g/mol. The second-order valence-electron chi connectivity index (χ2n) is 7.51. The maximum atomic E-state index is 12.8. The van der Waals surface area contributed by atoms with Crippen molar-refractivity contribution in [3.63, 3.8) is 0 Å². The first-order valence-electron chi connectivity index (χ1n) is 8.97. The molecule has 1 aromatic rings. The van der Waals surface area contributed by atoms with Crippen molar-refractivity contribution < 1.29 is 14.3 Å². The van der Waals surface area contributed by atoms with E-state index >= 15 is 0 Å². The lowest BCUT2D eigenvalue weighted by atomic mass is 9.93. The molecule has 0 bridgehead atoms. The van der Waals surface area contributed by atoms with Crippen LogP contribution in [-0.2, 0) is 9.47 Å². The quantitative estimate of drug-likeness (QED) is 0.811. The minimum atomic E-state index is -0.394. The van der Waals surface area contributed by atoms with Crippen LogP contribution >= 0.6 is 0 Å². The highest BCUT2D eigenvalue weighted by Gasteiger charge is 2.44. The third kappa shape index (κ3) is 4.34. The Bertz CT molecular complexity index is 583. The Kier molecular flexibility index (Phi) is 5.66. The fourth-order valence-electron chi connectivity index (χ4n) is 3.56. The maximum absolute atomic E-state index is 12.8. The molecule has 3 heterocycles. The van der Waals surface area contributed by atoms with E-state index in [0.717, 1.165) is 19.6 Å². The zero-order valence-electron chi connectivity index (χ0n) is 15.4. The highest BCUT2D eigenvalue weighted by molar-refractivity contribution is 5.93. The third-order valence-corrected chi connectivity index (χ3v) is 5.18. The lowest BCUT2D eigenvalue weighted by Crippen LogP contribution is -2.46. The van der Waals surface area contributed by atoms with Crippen LogP contribution in [0.1, 0.15) is 30.6 Å². The summed E-state index contributed by atoms with van der Waals surface area (Å²) in [4.78, 5) is 17.0. The zero-order valence-corrected chi connectivity index (χ0v) is 15.4. The minimum Gasteiger partial charge on any atom is -0.377 e. The Labute approximate surface area is 149 Å². The first-order valence-corrected chi connectivity index (χ1v) is 8.97. The second kappa shape index (κ2) is 7.76. The van der Waals surface area contributed by atoms with Crippen molar-refractivity contribution in [3.8, 4) is 0 Å². The van der Waals surface area contributed by atoms with Gasteiger partial charge in [0.15, 0.2) is 0 Å². The molecule has 2 saturated heterocycles. The molecule has 3 rings (SSSR count). The topological polar surface area (TPSA) is 67.8 Å². The lowest BCUT2D eigenvalue weighted by Gasteiger charge is -2.31. The normalized spacial score (nSPS) is 27.2. The van der Waals surface area contributed by atoms with Gasteiger partial charge in [0.25, 0.3) is 5.91 Å². The van der Waals surface area contributed by atoms with E-state index in [4.69, 9.17) is 9.47 Å². The van der Waals surface area contributed by atoms with Crippen molar-refractivity contribution in [2.75, 3.05) is 46.5 Å². The van der Waals surface area contributed by atoms with Gasteiger partial charge in [-0.2, -0.15) is 10.2 Å². The fourth-order valence-corrected chi connectivity index (χ4v) is 3.56. The highest BCUT2D eigenvalue weighted by atomic mass is 16.5. The Balaban J connectivity index is 1.67. The van der Waals surface area contributed by atoms with Crippen molar-refractivity contribution >= 4 is 5.91 Å². The molecule has 7 nitrogen and oxygen atoms in total. The smallest absolute Gasteiger partial charge is 0.255 e. The number of carbonyl (C=O) groups excluding carboxylic acids is 1. The van der Waals surface area contributed by atoms with E-state index in [1.165, 1.54) is 6.20 Å². The van der Waals surface area contributed by atoms with Crippen LogP contribution in [-0.4, -0.2) is 84.0 Å². The maximum Gasteiger partial charge on any atom is 0.255 e. The van der Waals surface area contributed by atoms with Gasteiger partial charge in [0.2, 0.25) is 0 Å². The molecule has 0 unspecified atom stereocenters. The van der Waals surface area contributed by atoms with Crippen molar-refractivity contribution in [1.82, 2.24) is 20.0 Å². The van der Waals surface area contributed by atoms with Gasteiger partial charge >= 0.3 is 0 Å². The van der Waals surface area contributed by atoms with Gasteiger partial charge in [-0.05, 0) is 39.3 Å². The molecule has 2 aliphatic heterocycles. The van der Waals surface area contributed by atoms with E-state index in [-0.39, 0.29) is 5.91 Å². The summed E-state index contributed by atoms with van der Waals surface area (Å²) in [5.74, 6) is 0.430. The number of rotatable bonds is 4. The van der Waals surface area contributed by atoms with Crippen LogP contribution in [0.3, 0.4) is 0 Å². The van der Waals surface area contributed by atoms with Crippen LogP contribution < -0.4 is 0 Å². The molecule has 25 heavy (non-hydrogen) atoms. The lowest BCUT2D eigenvalue weighted by molar-refractivity contribution is -0.0539. The first-order chi connectivity index (χ1) is 12.0. The Morgan fingerprint density at radius 3 is 3.04 bits per heavy atom. The van der Waals surface area contributed by atoms with Crippen LogP contribution in [0.4, 0.5) is 0 Å². The standard InChI is InChI=1S/C18H28N4O3/c1-14(2)21(3)10-15-8-18(25-11-15)12-22(6-7-24-13-18)17(23)16-4-5-19-20-9-16/h4-5,9,14-15H,6-8,10-13H2,1-3H3/t15-,18+/m1/s1. The van der Waals surface area contributed by atoms with Crippen LogP contribution in [0.15, 0.2) is 18.5 Å². The first kappa shape index (κ1) is 18.2. The van der Waals surface area contributed by atoms with Crippen molar-refractivity contribution in [2.45, 2.75) is 31.9 Å². The Morgan fingerprint density at radius 2 is 2.32 bits per heavy atom. The van der Waals surface area contributed by atoms with Crippen LogP contribution in [0.2, 0.25) is 0 Å². The predicted octanol–water partition coefficient (Wildman–Crippen LogP) is 1.06. The Hall–Kier alpha value is -1.57. The van der Waals surface area contributed by atoms with Crippen LogP contribution in [0.25, 0.3) is 0 Å². The minimum absolute atomic E-state index is 0.0360. The third-order valence-electron chi connectivity index (χ3n) is 5.18. The van der Waals surface area contributed by atoms with Crippen molar-refractivity contribution in [2.24, 2.45) is 5.92 Å². The second-order valence-corrected chi connectivity index (χ2v) is 7.51. The van der Waals surface area contributed by atoms with E-state index in [1.807, 2.05) is 4.90 Å². The molecule has 2 atom stereocenters. The molecule has 2 fully saturated rings. The molecule has 0 saturated carbocycles. The summed E-state index contributed by atoms with van der Waals surface area (Å²) in [6, 6.07) is 2.21. The van der Waals surface area contributed by atoms with E-state index in [1.54, 1.807) is 12.3 Å². The van der Waals surface area contributed by atoms with E-state index in [2.05, 4.69) is 36.0 Å². The van der Waals surface area contributed by atoms with Crippen LogP contribution in [0.5, 0.6) is 0 Å². The molecular formula is C18H28N4O3. The summed E-state index contributed by atoms with van der Waals surface area (Å²) in [6.07, 6.45) is 3.97.